The van der Waals surface area contributed by atoms with E-state index < -0.39 is 0 Å². The Balaban J connectivity index is 1.26. The average molecular weight is 435 g/mol. The van der Waals surface area contributed by atoms with E-state index in [0.29, 0.717) is 24.3 Å². The summed E-state index contributed by atoms with van der Waals surface area (Å²) in [6.45, 7) is 6.21. The second-order valence-corrected chi connectivity index (χ2v) is 8.98. The van der Waals surface area contributed by atoms with Gasteiger partial charge in [0.2, 0.25) is 0 Å². The van der Waals surface area contributed by atoms with Crippen LogP contribution in [-0.4, -0.2) is 58.8 Å². The van der Waals surface area contributed by atoms with Crippen molar-refractivity contribution in [2.75, 3.05) is 26.2 Å². The van der Waals surface area contributed by atoms with E-state index in [1.165, 1.54) is 30.4 Å². The Morgan fingerprint density at radius 1 is 0.938 bits per heavy atom. The van der Waals surface area contributed by atoms with Gasteiger partial charge in [-0.3, -0.25) is 19.5 Å². The summed E-state index contributed by atoms with van der Waals surface area (Å²) in [5.74, 6) is -0.153. The maximum absolute atomic E-state index is 12.9. The Labute approximate surface area is 191 Å². The number of amides is 2. The van der Waals surface area contributed by atoms with Crippen LogP contribution in [0, 0.1) is 0 Å². The maximum Gasteiger partial charge on any atom is 0.270 e. The second kappa shape index (κ2) is 10.7. The molecule has 2 amide bonds. The topological polar surface area (TPSA) is 65.5 Å². The molecule has 1 aliphatic carbocycles. The van der Waals surface area contributed by atoms with Crippen molar-refractivity contribution in [3.63, 3.8) is 0 Å². The van der Waals surface area contributed by atoms with Crippen LogP contribution in [0.3, 0.4) is 0 Å². The Bertz CT molecular complexity index is 896. The number of benzene rings is 1. The number of nitrogens with zero attached hydrogens (tertiary/aromatic N) is 3. The normalized spacial score (nSPS) is 17.8. The Morgan fingerprint density at radius 3 is 2.25 bits per heavy atom. The van der Waals surface area contributed by atoms with E-state index in [9.17, 15) is 9.59 Å². The lowest BCUT2D eigenvalue weighted by Crippen LogP contribution is -2.48. The molecule has 6 nitrogen and oxygen atoms in total. The summed E-state index contributed by atoms with van der Waals surface area (Å²) in [4.78, 5) is 33.9. The monoisotopic (exact) mass is 434 g/mol. The SMILES string of the molecule is CCc1ccc(CN2CCN(C(=O)c3ccc(C(=O)NC4CCCCC4)nc3)CC2)cc1. The van der Waals surface area contributed by atoms with E-state index in [-0.39, 0.29) is 17.9 Å². The van der Waals surface area contributed by atoms with Gasteiger partial charge >= 0.3 is 0 Å². The van der Waals surface area contributed by atoms with Crippen LogP contribution in [0.1, 0.15) is 71.0 Å². The van der Waals surface area contributed by atoms with Crippen molar-refractivity contribution >= 4 is 11.8 Å². The molecule has 0 unspecified atom stereocenters. The van der Waals surface area contributed by atoms with E-state index in [2.05, 4.69) is 46.4 Å². The number of piperazine rings is 1. The number of pyridine rings is 1. The molecule has 1 N–H and O–H groups in total. The summed E-state index contributed by atoms with van der Waals surface area (Å²) in [5.41, 5.74) is 3.59. The van der Waals surface area contributed by atoms with Crippen LogP contribution in [0.4, 0.5) is 0 Å². The van der Waals surface area contributed by atoms with Crippen molar-refractivity contribution in [3.05, 3.63) is 65.0 Å². The van der Waals surface area contributed by atoms with Gasteiger partial charge in [0.05, 0.1) is 5.56 Å². The molecule has 0 spiro atoms. The Hall–Kier alpha value is -2.73. The Morgan fingerprint density at radius 2 is 1.62 bits per heavy atom. The summed E-state index contributed by atoms with van der Waals surface area (Å²) < 4.78 is 0. The van der Waals surface area contributed by atoms with E-state index in [0.717, 1.165) is 38.9 Å². The van der Waals surface area contributed by atoms with Gasteiger partial charge in [0.15, 0.2) is 0 Å². The molecule has 170 valence electrons. The summed E-state index contributed by atoms with van der Waals surface area (Å²) in [5, 5.41) is 3.08. The molecule has 2 fully saturated rings. The highest BCUT2D eigenvalue weighted by Crippen LogP contribution is 2.18. The first-order valence-electron chi connectivity index (χ1n) is 12.0. The standard InChI is InChI=1S/C26H34N4O2/c1-2-20-8-10-21(11-9-20)19-29-14-16-30(17-15-29)26(32)22-12-13-24(27-18-22)25(31)28-23-6-4-3-5-7-23/h8-13,18,23H,2-7,14-17,19H2,1H3,(H,28,31). The molecule has 0 radical (unpaired) electrons. The first-order chi connectivity index (χ1) is 15.6. The van der Waals surface area contributed by atoms with Crippen LogP contribution in [0.2, 0.25) is 0 Å². The minimum Gasteiger partial charge on any atom is -0.348 e. The summed E-state index contributed by atoms with van der Waals surface area (Å²) in [7, 11) is 0. The molecular weight excluding hydrogens is 400 g/mol. The minimum atomic E-state index is -0.142. The predicted octanol–water partition coefficient (Wildman–Crippen LogP) is 3.66. The lowest BCUT2D eigenvalue weighted by molar-refractivity contribution is 0.0627. The van der Waals surface area contributed by atoms with Gasteiger partial charge in [-0.1, -0.05) is 50.5 Å². The average Bonchev–Trinajstić information content (AvgIpc) is 2.85. The van der Waals surface area contributed by atoms with Gasteiger partial charge in [-0.05, 0) is 42.5 Å². The number of hydrogen-bond donors (Lipinski definition) is 1. The number of rotatable bonds is 6. The van der Waals surface area contributed by atoms with Gasteiger partial charge in [-0.2, -0.15) is 0 Å². The van der Waals surface area contributed by atoms with Gasteiger partial charge in [0, 0.05) is 45.0 Å². The van der Waals surface area contributed by atoms with Gasteiger partial charge in [0.1, 0.15) is 5.69 Å². The fourth-order valence-electron chi connectivity index (χ4n) is 4.59. The van der Waals surface area contributed by atoms with Crippen molar-refractivity contribution in [1.29, 1.82) is 0 Å². The quantitative estimate of drug-likeness (QED) is 0.754. The fourth-order valence-corrected chi connectivity index (χ4v) is 4.59. The number of aromatic nitrogens is 1. The summed E-state index contributed by atoms with van der Waals surface area (Å²) in [6.07, 6.45) is 8.27. The number of nitrogens with one attached hydrogen (secondary N) is 1. The van der Waals surface area contributed by atoms with E-state index in [4.69, 9.17) is 0 Å². The van der Waals surface area contributed by atoms with Gasteiger partial charge in [0.25, 0.3) is 11.8 Å². The van der Waals surface area contributed by atoms with Crippen LogP contribution in [0.25, 0.3) is 0 Å². The predicted molar refractivity (Wildman–Crippen MR) is 126 cm³/mol. The molecule has 1 aromatic carbocycles. The smallest absolute Gasteiger partial charge is 0.270 e. The third-order valence-electron chi connectivity index (χ3n) is 6.68. The van der Waals surface area contributed by atoms with Crippen LogP contribution < -0.4 is 5.32 Å². The van der Waals surface area contributed by atoms with E-state index >= 15 is 0 Å². The molecule has 32 heavy (non-hydrogen) atoms. The molecule has 1 saturated carbocycles. The number of aryl methyl sites for hydroxylation is 1. The van der Waals surface area contributed by atoms with Crippen molar-refractivity contribution in [1.82, 2.24) is 20.1 Å². The van der Waals surface area contributed by atoms with Crippen LogP contribution >= 0.6 is 0 Å². The lowest BCUT2D eigenvalue weighted by Gasteiger charge is -2.34. The molecular formula is C26H34N4O2. The molecule has 4 rings (SSSR count). The van der Waals surface area contributed by atoms with Gasteiger partial charge in [-0.15, -0.1) is 0 Å². The molecule has 1 aliphatic heterocycles. The van der Waals surface area contributed by atoms with Crippen molar-refractivity contribution in [2.45, 2.75) is 58.0 Å². The minimum absolute atomic E-state index is 0.0105. The molecule has 2 aromatic rings. The third-order valence-corrected chi connectivity index (χ3v) is 6.68. The van der Waals surface area contributed by atoms with Crippen LogP contribution in [0.15, 0.2) is 42.6 Å². The second-order valence-electron chi connectivity index (χ2n) is 8.98. The first kappa shape index (κ1) is 22.5. The zero-order chi connectivity index (χ0) is 22.3. The summed E-state index contributed by atoms with van der Waals surface area (Å²) in [6, 6.07) is 12.4. The van der Waals surface area contributed by atoms with E-state index in [1.54, 1.807) is 18.3 Å². The zero-order valence-corrected chi connectivity index (χ0v) is 19.1. The number of hydrogen-bond acceptors (Lipinski definition) is 4. The van der Waals surface area contributed by atoms with Crippen LogP contribution in [-0.2, 0) is 13.0 Å². The maximum atomic E-state index is 12.9. The lowest BCUT2D eigenvalue weighted by atomic mass is 9.95. The van der Waals surface area contributed by atoms with E-state index in [1.807, 2.05) is 4.90 Å². The van der Waals surface area contributed by atoms with Gasteiger partial charge < -0.3 is 10.2 Å². The molecule has 1 aromatic heterocycles. The number of carbonyl (C=O) groups excluding carboxylic acids is 2. The fraction of sp³-hybridized carbons (Fsp3) is 0.500. The summed E-state index contributed by atoms with van der Waals surface area (Å²) >= 11 is 0. The van der Waals surface area contributed by atoms with Gasteiger partial charge in [-0.25, -0.2) is 0 Å². The highest BCUT2D eigenvalue weighted by Gasteiger charge is 2.23. The molecule has 0 bridgehead atoms. The first-order valence-corrected chi connectivity index (χ1v) is 12.0. The highest BCUT2D eigenvalue weighted by molar-refractivity contribution is 5.96. The molecule has 2 aliphatic rings. The number of carbonyl (C=O) groups is 2. The third kappa shape index (κ3) is 5.74. The van der Waals surface area contributed by atoms with Crippen molar-refractivity contribution in [3.8, 4) is 0 Å². The Kier molecular flexibility index (Phi) is 7.53. The highest BCUT2D eigenvalue weighted by atomic mass is 16.2. The zero-order valence-electron chi connectivity index (χ0n) is 19.1. The van der Waals surface area contributed by atoms with Crippen LogP contribution in [0.5, 0.6) is 0 Å². The molecule has 6 heteroatoms. The molecule has 2 heterocycles. The molecule has 1 saturated heterocycles. The largest absolute Gasteiger partial charge is 0.348 e. The van der Waals surface area contributed by atoms with Crippen molar-refractivity contribution in [2.24, 2.45) is 0 Å². The van der Waals surface area contributed by atoms with Crippen molar-refractivity contribution < 1.29 is 9.59 Å². The molecule has 0 atom stereocenters.